The predicted octanol–water partition coefficient (Wildman–Crippen LogP) is 4.20. The molecule has 0 atom stereocenters. The van der Waals surface area contributed by atoms with E-state index in [1.807, 2.05) is 48.5 Å². The summed E-state index contributed by atoms with van der Waals surface area (Å²) in [5.41, 5.74) is 1.68. The maximum atomic E-state index is 12.2. The molecule has 0 aliphatic carbocycles. The van der Waals surface area contributed by atoms with E-state index in [1.54, 1.807) is 20.3 Å². The third-order valence-corrected chi connectivity index (χ3v) is 4.21. The highest BCUT2D eigenvalue weighted by molar-refractivity contribution is 5.89. The van der Waals surface area contributed by atoms with Crippen molar-refractivity contribution < 1.29 is 19.0 Å². The average Bonchev–Trinajstić information content (AvgIpc) is 2.72. The van der Waals surface area contributed by atoms with E-state index in [9.17, 15) is 4.79 Å². The topological polar surface area (TPSA) is 68.8 Å². The predicted molar refractivity (Wildman–Crippen MR) is 110 cm³/mol. The number of nitrogens with one attached hydrogen (secondary N) is 2. The van der Waals surface area contributed by atoms with Gasteiger partial charge in [-0.15, -0.1) is 0 Å². The third kappa shape index (κ3) is 5.37. The van der Waals surface area contributed by atoms with Gasteiger partial charge in [0.15, 0.2) is 0 Å². The first-order valence-electron chi connectivity index (χ1n) is 9.01. The number of methoxy groups -OCH3 is 2. The number of fused-ring (bicyclic) bond motifs is 1. The maximum absolute atomic E-state index is 12.2. The van der Waals surface area contributed by atoms with Gasteiger partial charge in [-0.2, -0.15) is 0 Å². The van der Waals surface area contributed by atoms with Crippen LogP contribution in [0.15, 0.2) is 60.7 Å². The minimum absolute atomic E-state index is 0.274. The lowest BCUT2D eigenvalue weighted by molar-refractivity contribution is 0.146. The molecule has 0 unspecified atom stereocenters. The quantitative estimate of drug-likeness (QED) is 0.575. The van der Waals surface area contributed by atoms with Gasteiger partial charge in [-0.1, -0.05) is 24.3 Å². The summed E-state index contributed by atoms with van der Waals surface area (Å²) in [5.74, 6) is 1.51. The van der Waals surface area contributed by atoms with E-state index in [0.29, 0.717) is 31.2 Å². The molecule has 0 bridgehead atoms. The molecule has 0 spiro atoms. The second-order valence-electron chi connectivity index (χ2n) is 6.22. The molecule has 3 aromatic carbocycles. The van der Waals surface area contributed by atoms with E-state index in [1.165, 1.54) is 0 Å². The van der Waals surface area contributed by atoms with Crippen LogP contribution in [0.4, 0.5) is 10.5 Å². The third-order valence-electron chi connectivity index (χ3n) is 4.21. The Balaban J connectivity index is 1.55. The zero-order chi connectivity index (χ0) is 19.8. The molecule has 0 saturated heterocycles. The summed E-state index contributed by atoms with van der Waals surface area (Å²) in [6.45, 7) is 1.40. The lowest BCUT2D eigenvalue weighted by atomic mass is 10.1. The van der Waals surface area contributed by atoms with Crippen molar-refractivity contribution in [1.82, 2.24) is 5.32 Å². The SMILES string of the molecule is COCCOc1cccc(NC(=O)NCc2ccc3cc(OC)ccc3c2)c1. The highest BCUT2D eigenvalue weighted by atomic mass is 16.5. The van der Waals surface area contributed by atoms with Gasteiger partial charge in [0, 0.05) is 25.4 Å². The maximum Gasteiger partial charge on any atom is 0.319 e. The van der Waals surface area contributed by atoms with E-state index in [0.717, 1.165) is 22.1 Å². The van der Waals surface area contributed by atoms with Crippen molar-refractivity contribution >= 4 is 22.5 Å². The molecule has 146 valence electrons. The van der Waals surface area contributed by atoms with Crippen molar-refractivity contribution in [2.45, 2.75) is 6.54 Å². The first-order chi connectivity index (χ1) is 13.7. The van der Waals surface area contributed by atoms with Crippen LogP contribution in [0.1, 0.15) is 5.56 Å². The molecule has 0 radical (unpaired) electrons. The Morgan fingerprint density at radius 3 is 2.54 bits per heavy atom. The summed E-state index contributed by atoms with van der Waals surface area (Å²) >= 11 is 0. The normalized spacial score (nSPS) is 10.5. The van der Waals surface area contributed by atoms with Crippen molar-refractivity contribution in [3.63, 3.8) is 0 Å². The molecule has 3 rings (SSSR count). The van der Waals surface area contributed by atoms with Gasteiger partial charge < -0.3 is 24.8 Å². The first kappa shape index (κ1) is 19.5. The number of anilines is 1. The van der Waals surface area contributed by atoms with Gasteiger partial charge in [0.1, 0.15) is 18.1 Å². The fraction of sp³-hybridized carbons (Fsp3) is 0.227. The van der Waals surface area contributed by atoms with Gasteiger partial charge in [-0.3, -0.25) is 0 Å². The molecule has 28 heavy (non-hydrogen) atoms. The number of hydrogen-bond acceptors (Lipinski definition) is 4. The Labute approximate surface area is 164 Å². The Morgan fingerprint density at radius 1 is 0.893 bits per heavy atom. The van der Waals surface area contributed by atoms with Crippen molar-refractivity contribution in [3.05, 3.63) is 66.2 Å². The molecule has 0 heterocycles. The van der Waals surface area contributed by atoms with Gasteiger partial charge in [0.05, 0.1) is 13.7 Å². The summed E-state index contributed by atoms with van der Waals surface area (Å²) in [7, 11) is 3.28. The van der Waals surface area contributed by atoms with Crippen molar-refractivity contribution in [3.8, 4) is 11.5 Å². The monoisotopic (exact) mass is 380 g/mol. The molecule has 0 aliphatic heterocycles. The molecule has 0 fully saturated rings. The first-order valence-corrected chi connectivity index (χ1v) is 9.01. The molecule has 6 heteroatoms. The average molecular weight is 380 g/mol. The van der Waals surface area contributed by atoms with E-state index in [-0.39, 0.29) is 6.03 Å². The van der Waals surface area contributed by atoms with Crippen LogP contribution in [0.3, 0.4) is 0 Å². The van der Waals surface area contributed by atoms with E-state index >= 15 is 0 Å². The minimum atomic E-state index is -0.274. The van der Waals surface area contributed by atoms with Gasteiger partial charge >= 0.3 is 6.03 Å². The van der Waals surface area contributed by atoms with Crippen molar-refractivity contribution in [2.24, 2.45) is 0 Å². The number of hydrogen-bond donors (Lipinski definition) is 2. The van der Waals surface area contributed by atoms with Crippen LogP contribution in [0.25, 0.3) is 10.8 Å². The van der Waals surface area contributed by atoms with Gasteiger partial charge in [0.25, 0.3) is 0 Å². The van der Waals surface area contributed by atoms with E-state index in [2.05, 4.69) is 16.7 Å². The molecule has 0 saturated carbocycles. The van der Waals surface area contributed by atoms with Crippen LogP contribution in [0.5, 0.6) is 11.5 Å². The molecule has 3 aromatic rings. The summed E-state index contributed by atoms with van der Waals surface area (Å²) in [5, 5.41) is 7.88. The van der Waals surface area contributed by atoms with Crippen LogP contribution in [-0.2, 0) is 11.3 Å². The Hall–Kier alpha value is -3.25. The zero-order valence-electron chi connectivity index (χ0n) is 16.0. The van der Waals surface area contributed by atoms with Gasteiger partial charge in [-0.05, 0) is 46.7 Å². The van der Waals surface area contributed by atoms with Crippen LogP contribution in [0, 0.1) is 0 Å². The van der Waals surface area contributed by atoms with Crippen LogP contribution >= 0.6 is 0 Å². The number of benzene rings is 3. The minimum Gasteiger partial charge on any atom is -0.497 e. The number of ether oxygens (including phenoxy) is 3. The Kier molecular flexibility index (Phi) is 6.70. The van der Waals surface area contributed by atoms with E-state index in [4.69, 9.17) is 14.2 Å². The molecule has 6 nitrogen and oxygen atoms in total. The molecule has 2 amide bonds. The fourth-order valence-corrected chi connectivity index (χ4v) is 2.77. The molecular formula is C22H24N2O4. The zero-order valence-corrected chi connectivity index (χ0v) is 16.0. The fourth-order valence-electron chi connectivity index (χ4n) is 2.77. The van der Waals surface area contributed by atoms with Crippen LogP contribution in [-0.4, -0.2) is 33.5 Å². The molecule has 0 aliphatic rings. The second-order valence-corrected chi connectivity index (χ2v) is 6.22. The van der Waals surface area contributed by atoms with Gasteiger partial charge in [-0.25, -0.2) is 4.79 Å². The largest absolute Gasteiger partial charge is 0.497 e. The summed E-state index contributed by atoms with van der Waals surface area (Å²) in [6.07, 6.45) is 0. The number of carbonyl (C=O) groups excluding carboxylic acids is 1. The standard InChI is InChI=1S/C22H24N2O4/c1-26-10-11-28-21-5-3-4-19(14-21)24-22(25)23-15-16-6-7-18-13-20(27-2)9-8-17(18)12-16/h3-9,12-14H,10-11,15H2,1-2H3,(H2,23,24,25). The van der Waals surface area contributed by atoms with Gasteiger partial charge in [0.2, 0.25) is 0 Å². The number of rotatable bonds is 8. The highest BCUT2D eigenvalue weighted by Gasteiger charge is 2.04. The summed E-state index contributed by atoms with van der Waals surface area (Å²) in [4.78, 5) is 12.2. The van der Waals surface area contributed by atoms with Crippen LogP contribution in [0.2, 0.25) is 0 Å². The Bertz CT molecular complexity index is 943. The van der Waals surface area contributed by atoms with Crippen molar-refractivity contribution in [2.75, 3.05) is 32.8 Å². The molecule has 2 N–H and O–H groups in total. The number of amides is 2. The molecule has 0 aromatic heterocycles. The van der Waals surface area contributed by atoms with Crippen LogP contribution < -0.4 is 20.1 Å². The smallest absolute Gasteiger partial charge is 0.319 e. The lowest BCUT2D eigenvalue weighted by Crippen LogP contribution is -2.28. The van der Waals surface area contributed by atoms with E-state index < -0.39 is 0 Å². The second kappa shape index (κ2) is 9.62. The Morgan fingerprint density at radius 2 is 1.71 bits per heavy atom. The van der Waals surface area contributed by atoms with Crippen molar-refractivity contribution in [1.29, 1.82) is 0 Å². The summed E-state index contributed by atoms with van der Waals surface area (Å²) < 4.78 is 15.8. The highest BCUT2D eigenvalue weighted by Crippen LogP contribution is 2.22. The summed E-state index contributed by atoms with van der Waals surface area (Å²) in [6, 6.07) is 19.0. The number of urea groups is 1. The molecular weight excluding hydrogens is 356 g/mol. The number of carbonyl (C=O) groups is 1. The lowest BCUT2D eigenvalue weighted by Gasteiger charge is -2.10.